The molecular weight excluding hydrogens is 400 g/mol. The first-order valence-electron chi connectivity index (χ1n) is 10.2. The van der Waals surface area contributed by atoms with Gasteiger partial charge < -0.3 is 34.3 Å². The summed E-state index contributed by atoms with van der Waals surface area (Å²) in [6, 6.07) is 0. The van der Waals surface area contributed by atoms with Crippen LogP contribution in [0.25, 0.3) is 0 Å². The average Bonchev–Trinajstić information content (AvgIpc) is 3.32. The molecule has 0 bridgehead atoms. The van der Waals surface area contributed by atoms with Gasteiger partial charge in [-0.25, -0.2) is 9.59 Å². The molecular formula is C20H24O10. The predicted molar refractivity (Wildman–Crippen MR) is 92.0 cm³/mol. The van der Waals surface area contributed by atoms with Gasteiger partial charge in [0.25, 0.3) is 0 Å². The summed E-state index contributed by atoms with van der Waals surface area (Å²) in [5, 5.41) is 34.4. The number of hydrogen-bond donors (Lipinski definition) is 3. The van der Waals surface area contributed by atoms with Crippen molar-refractivity contribution < 1.29 is 48.7 Å². The summed E-state index contributed by atoms with van der Waals surface area (Å²) in [6.45, 7) is 6.97. The van der Waals surface area contributed by atoms with E-state index in [9.17, 15) is 29.7 Å². The molecule has 164 valence electrons. The number of aliphatic hydroxyl groups excluding tert-OH is 2. The number of rotatable bonds is 0. The zero-order valence-corrected chi connectivity index (χ0v) is 16.9. The van der Waals surface area contributed by atoms with Crippen molar-refractivity contribution in [2.75, 3.05) is 0 Å². The van der Waals surface area contributed by atoms with Crippen LogP contribution in [0.15, 0.2) is 0 Å². The van der Waals surface area contributed by atoms with Crippen molar-refractivity contribution in [2.45, 2.75) is 76.0 Å². The summed E-state index contributed by atoms with van der Waals surface area (Å²) in [5.41, 5.74) is -7.95. The second kappa shape index (κ2) is 4.69. The van der Waals surface area contributed by atoms with Gasteiger partial charge in [-0.3, -0.25) is 4.79 Å². The van der Waals surface area contributed by atoms with Crippen LogP contribution in [0.2, 0.25) is 0 Å². The molecule has 4 aliphatic heterocycles. The van der Waals surface area contributed by atoms with Crippen molar-refractivity contribution >= 4 is 17.9 Å². The minimum atomic E-state index is -2.12. The number of aliphatic hydroxyl groups is 3. The highest BCUT2D eigenvalue weighted by Crippen LogP contribution is 2.84. The highest BCUT2D eigenvalue weighted by molar-refractivity contribution is 5.93. The lowest BCUT2D eigenvalue weighted by atomic mass is 9.51. The number of hydrogen-bond acceptors (Lipinski definition) is 10. The van der Waals surface area contributed by atoms with Crippen LogP contribution in [0.3, 0.4) is 0 Å². The molecule has 1 unspecified atom stereocenters. The third-order valence-corrected chi connectivity index (χ3v) is 8.91. The molecule has 3 N–H and O–H groups in total. The van der Waals surface area contributed by atoms with Gasteiger partial charge in [-0.05, 0) is 12.3 Å². The standard InChI is InChI=1S/C20H24O10/c1-6-12(23)27-7-5-17-11-8(21)9(16(2,3)4)18(17)10(22)13(24)29-15(18)30-20(17,14(25)28-11)19(6,7)26/h6-11,15,21-22,26H,5H2,1-4H3/t6-,7+,8-,9+,10+,11-,15-,17?,18+,19-,20-/m1/s1. The normalized spacial score (nSPS) is 60.1. The first-order valence-corrected chi connectivity index (χ1v) is 10.2. The zero-order valence-electron chi connectivity index (χ0n) is 16.9. The van der Waals surface area contributed by atoms with E-state index >= 15 is 0 Å². The summed E-state index contributed by atoms with van der Waals surface area (Å²) in [6.07, 6.45) is -6.73. The highest BCUT2D eigenvalue weighted by Gasteiger charge is 3.02. The van der Waals surface area contributed by atoms with Crippen LogP contribution in [0.5, 0.6) is 0 Å². The topological polar surface area (TPSA) is 149 Å². The maximum atomic E-state index is 13.4. The van der Waals surface area contributed by atoms with Gasteiger partial charge in [0.05, 0.1) is 22.9 Å². The second-order valence-electron chi connectivity index (χ2n) is 10.7. The monoisotopic (exact) mass is 424 g/mol. The number of ether oxygens (including phenoxy) is 4. The molecule has 0 radical (unpaired) electrons. The summed E-state index contributed by atoms with van der Waals surface area (Å²) >= 11 is 0. The third kappa shape index (κ3) is 1.35. The Bertz CT molecular complexity index is 925. The maximum absolute atomic E-state index is 13.4. The first kappa shape index (κ1) is 19.0. The van der Waals surface area contributed by atoms with Gasteiger partial charge in [-0.15, -0.1) is 0 Å². The van der Waals surface area contributed by atoms with E-state index in [-0.39, 0.29) is 6.42 Å². The van der Waals surface area contributed by atoms with Gasteiger partial charge in [0.2, 0.25) is 11.9 Å². The fourth-order valence-corrected chi connectivity index (χ4v) is 8.22. The fraction of sp³-hybridized carbons (Fsp3) is 0.850. The number of carbonyl (C=O) groups excluding carboxylic acids is 3. The van der Waals surface area contributed by atoms with E-state index in [4.69, 9.17) is 18.9 Å². The van der Waals surface area contributed by atoms with Gasteiger partial charge in [0, 0.05) is 12.3 Å². The largest absolute Gasteiger partial charge is 0.459 e. The van der Waals surface area contributed by atoms with Gasteiger partial charge in [-0.2, -0.15) is 0 Å². The molecule has 2 spiro atoms. The van der Waals surface area contributed by atoms with E-state index in [1.807, 2.05) is 20.8 Å². The number of fused-ring (bicyclic) bond motifs is 1. The number of esters is 3. The average molecular weight is 424 g/mol. The number of carbonyl (C=O) groups is 3. The van der Waals surface area contributed by atoms with Gasteiger partial charge >= 0.3 is 17.9 Å². The van der Waals surface area contributed by atoms with Crippen LogP contribution in [0.1, 0.15) is 34.1 Å². The molecule has 30 heavy (non-hydrogen) atoms. The minimum absolute atomic E-state index is 0.107. The Hall–Kier alpha value is -1.75. The van der Waals surface area contributed by atoms with E-state index < -0.39 is 87.9 Å². The van der Waals surface area contributed by atoms with E-state index in [0.717, 1.165) is 0 Å². The Kier molecular flexibility index (Phi) is 2.97. The van der Waals surface area contributed by atoms with Crippen molar-refractivity contribution in [1.82, 2.24) is 0 Å². The van der Waals surface area contributed by atoms with Crippen molar-refractivity contribution in [3.63, 3.8) is 0 Å². The Balaban J connectivity index is 1.71. The van der Waals surface area contributed by atoms with Crippen LogP contribution >= 0.6 is 0 Å². The van der Waals surface area contributed by atoms with Crippen LogP contribution in [-0.4, -0.2) is 75.1 Å². The Morgan fingerprint density at radius 3 is 2.33 bits per heavy atom. The van der Waals surface area contributed by atoms with Crippen molar-refractivity contribution in [3.8, 4) is 0 Å². The molecule has 2 saturated carbocycles. The van der Waals surface area contributed by atoms with Crippen LogP contribution in [-0.2, 0) is 33.3 Å². The van der Waals surface area contributed by atoms with Gasteiger partial charge in [-0.1, -0.05) is 20.8 Å². The summed E-state index contributed by atoms with van der Waals surface area (Å²) < 4.78 is 22.6. The van der Waals surface area contributed by atoms with Gasteiger partial charge in [0.1, 0.15) is 12.2 Å². The smallest absolute Gasteiger partial charge is 0.342 e. The Labute approximate surface area is 171 Å². The Morgan fingerprint density at radius 2 is 1.70 bits per heavy atom. The SMILES string of the molecule is C[C@@H]1C(=O)O[C@H]2CC34[C@@H]5OC(=O)[C@]3(O[C@H]3OC(=O)[C@H](O)[C@@]34[C@H](C(C)(C)C)[C@H]5O)[C@]21O. The zero-order chi connectivity index (χ0) is 21.8. The molecule has 11 atom stereocenters. The van der Waals surface area contributed by atoms with E-state index in [1.165, 1.54) is 6.92 Å². The van der Waals surface area contributed by atoms with Crippen LogP contribution < -0.4 is 0 Å². The van der Waals surface area contributed by atoms with Crippen molar-refractivity contribution in [2.24, 2.45) is 28.1 Å². The second-order valence-corrected chi connectivity index (χ2v) is 10.7. The lowest BCUT2D eigenvalue weighted by Gasteiger charge is -2.46. The molecule has 0 aromatic carbocycles. The van der Waals surface area contributed by atoms with Crippen molar-refractivity contribution in [3.05, 3.63) is 0 Å². The predicted octanol–water partition coefficient (Wildman–Crippen LogP) is -1.37. The lowest BCUT2D eigenvalue weighted by molar-refractivity contribution is -0.239. The fourth-order valence-electron chi connectivity index (χ4n) is 8.22. The molecule has 0 aromatic rings. The Morgan fingerprint density at radius 1 is 1.03 bits per heavy atom. The summed E-state index contributed by atoms with van der Waals surface area (Å²) in [7, 11) is 0. The van der Waals surface area contributed by atoms with Crippen LogP contribution in [0, 0.1) is 28.1 Å². The summed E-state index contributed by atoms with van der Waals surface area (Å²) in [4.78, 5) is 38.2. The molecule has 4 heterocycles. The molecule has 10 nitrogen and oxygen atoms in total. The quantitative estimate of drug-likeness (QED) is 0.314. The molecule has 2 aliphatic carbocycles. The highest BCUT2D eigenvalue weighted by atomic mass is 16.8. The van der Waals surface area contributed by atoms with Crippen LogP contribution in [0.4, 0.5) is 0 Å². The molecule has 0 aromatic heterocycles. The molecule has 6 aliphatic rings. The van der Waals surface area contributed by atoms with Crippen molar-refractivity contribution in [1.29, 1.82) is 0 Å². The molecule has 6 fully saturated rings. The van der Waals surface area contributed by atoms with E-state index in [1.54, 1.807) is 0 Å². The van der Waals surface area contributed by atoms with Gasteiger partial charge in [0.15, 0.2) is 11.7 Å². The molecule has 0 amide bonds. The molecule has 6 rings (SSSR count). The lowest BCUT2D eigenvalue weighted by Crippen LogP contribution is -2.66. The van der Waals surface area contributed by atoms with E-state index in [2.05, 4.69) is 0 Å². The molecule has 4 saturated heterocycles. The first-order chi connectivity index (χ1) is 13.8. The minimum Gasteiger partial charge on any atom is -0.459 e. The summed E-state index contributed by atoms with van der Waals surface area (Å²) in [5.74, 6) is -4.43. The third-order valence-electron chi connectivity index (χ3n) is 8.91. The maximum Gasteiger partial charge on any atom is 0.342 e. The molecule has 10 heteroatoms. The van der Waals surface area contributed by atoms with E-state index in [0.29, 0.717) is 0 Å².